The fraction of sp³-hybridized carbons (Fsp3) is 0.842. The molecule has 2 N–H and O–H groups in total. The van der Waals surface area contributed by atoms with Gasteiger partial charge in [0.1, 0.15) is 11.2 Å². The molecular weight excluding hydrogens is 366 g/mol. The van der Waals surface area contributed by atoms with Gasteiger partial charge in [-0.1, -0.05) is 19.4 Å². The molecule has 166 valence electrons. The molecule has 0 atom stereocenters. The molecule has 0 aliphatic heterocycles. The summed E-state index contributed by atoms with van der Waals surface area (Å²) in [5.74, 6) is -0.0816. The van der Waals surface area contributed by atoms with Crippen molar-refractivity contribution >= 4 is 18.1 Å². The second kappa shape index (κ2) is 13.3. The van der Waals surface area contributed by atoms with Gasteiger partial charge in [-0.15, -0.1) is 0 Å². The number of rotatable bonds is 9. The predicted molar refractivity (Wildman–Crippen MR) is 108 cm³/mol. The molecule has 0 fully saturated rings. The van der Waals surface area contributed by atoms with Crippen molar-refractivity contribution in [3.05, 3.63) is 0 Å². The first-order chi connectivity index (χ1) is 12.4. The molecule has 0 unspecified atom stereocenters. The molecule has 3 amide bonds. The van der Waals surface area contributed by atoms with Crippen LogP contribution in [0, 0.1) is 0 Å². The third-order valence-corrected chi connectivity index (χ3v) is 2.69. The van der Waals surface area contributed by atoms with E-state index in [0.29, 0.717) is 24.6 Å². The third kappa shape index (κ3) is 15.2. The van der Waals surface area contributed by atoms with E-state index in [2.05, 4.69) is 10.6 Å². The Kier molecular flexibility index (Phi) is 13.5. The first-order valence-electron chi connectivity index (χ1n) is 9.22. The Morgan fingerprint density at radius 1 is 0.893 bits per heavy atom. The number of nitrogens with zero attached hydrogens (tertiary/aromatic N) is 1. The van der Waals surface area contributed by atoms with Crippen LogP contribution in [0.3, 0.4) is 0 Å². The van der Waals surface area contributed by atoms with Crippen molar-refractivity contribution in [3.8, 4) is 0 Å². The highest BCUT2D eigenvalue weighted by molar-refractivity contribution is 5.86. The van der Waals surface area contributed by atoms with E-state index in [1.165, 1.54) is 0 Å². The second-order valence-electron chi connectivity index (χ2n) is 7.97. The lowest BCUT2D eigenvalue weighted by Crippen LogP contribution is -2.44. The first-order valence-corrected chi connectivity index (χ1v) is 9.22. The maximum Gasteiger partial charge on any atom is 0.444 e. The number of hydrogen-bond acceptors (Lipinski definition) is 7. The highest BCUT2D eigenvalue weighted by Crippen LogP contribution is 2.14. The molecule has 0 radical (unpaired) electrons. The number of amides is 3. The first kappa shape index (κ1) is 28.3. The Morgan fingerprint density at radius 3 is 1.82 bits per heavy atom. The van der Waals surface area contributed by atoms with Crippen molar-refractivity contribution < 1.29 is 28.7 Å². The molecule has 0 rings (SSSR count). The fourth-order valence-electron chi connectivity index (χ4n) is 1.67. The summed E-state index contributed by atoms with van der Waals surface area (Å²) in [6.07, 6.45) is -0.527. The van der Waals surface area contributed by atoms with Crippen molar-refractivity contribution in [1.29, 1.82) is 0 Å². The molecule has 9 heteroatoms. The molecule has 0 saturated heterocycles. The Bertz CT molecular complexity index is 455. The van der Waals surface area contributed by atoms with Gasteiger partial charge in [-0.2, -0.15) is 0 Å². The summed E-state index contributed by atoms with van der Waals surface area (Å²) >= 11 is 0. The summed E-state index contributed by atoms with van der Waals surface area (Å²) < 4.78 is 10.4. The molecule has 0 heterocycles. The Hall–Kier alpha value is -1.87. The maximum absolute atomic E-state index is 12.2. The van der Waals surface area contributed by atoms with Crippen molar-refractivity contribution in [2.45, 2.75) is 79.9 Å². The fourth-order valence-corrected chi connectivity index (χ4v) is 1.67. The summed E-state index contributed by atoms with van der Waals surface area (Å²) in [6, 6.07) is 0. The van der Waals surface area contributed by atoms with Crippen LogP contribution >= 0.6 is 0 Å². The van der Waals surface area contributed by atoms with Crippen LogP contribution in [0.25, 0.3) is 0 Å². The minimum absolute atomic E-state index is 0. The Balaban J connectivity index is 0. The lowest BCUT2D eigenvalue weighted by molar-refractivity contribution is -0.138. The lowest BCUT2D eigenvalue weighted by Gasteiger charge is -2.27. The van der Waals surface area contributed by atoms with Crippen LogP contribution < -0.4 is 10.6 Å². The van der Waals surface area contributed by atoms with Gasteiger partial charge in [-0.3, -0.25) is 9.63 Å². The van der Waals surface area contributed by atoms with Crippen LogP contribution in [-0.4, -0.2) is 60.6 Å². The van der Waals surface area contributed by atoms with Gasteiger partial charge in [-0.05, 0) is 60.9 Å². The van der Waals surface area contributed by atoms with Crippen molar-refractivity contribution in [2.75, 3.05) is 26.2 Å². The van der Waals surface area contributed by atoms with Gasteiger partial charge in [0.15, 0.2) is 0 Å². The van der Waals surface area contributed by atoms with E-state index < -0.39 is 23.4 Å². The van der Waals surface area contributed by atoms with Crippen LogP contribution in [0.15, 0.2) is 0 Å². The minimum Gasteiger partial charge on any atom is -0.442 e. The van der Waals surface area contributed by atoms with Crippen LogP contribution in [-0.2, 0) is 19.1 Å². The summed E-state index contributed by atoms with van der Waals surface area (Å²) in [6.45, 7) is 13.5. The summed E-state index contributed by atoms with van der Waals surface area (Å²) in [7, 11) is 0. The lowest BCUT2D eigenvalue weighted by atomic mass is 10.2. The molecular formula is C19H39N3O6. The number of hydroxylamine groups is 2. The average Bonchev–Trinajstić information content (AvgIpc) is 2.48. The topological polar surface area (TPSA) is 106 Å². The van der Waals surface area contributed by atoms with Crippen molar-refractivity contribution in [2.24, 2.45) is 0 Å². The molecule has 0 aromatic heterocycles. The van der Waals surface area contributed by atoms with Gasteiger partial charge in [0, 0.05) is 6.54 Å². The monoisotopic (exact) mass is 405 g/mol. The molecule has 28 heavy (non-hydrogen) atoms. The molecule has 0 aliphatic rings. The zero-order chi connectivity index (χ0) is 21.1. The van der Waals surface area contributed by atoms with E-state index in [1.54, 1.807) is 41.5 Å². The number of carbonyl (C=O) groups excluding carboxylic acids is 3. The van der Waals surface area contributed by atoms with Gasteiger partial charge in [0.25, 0.3) is 0 Å². The van der Waals surface area contributed by atoms with Gasteiger partial charge in [-0.25, -0.2) is 9.59 Å². The molecule has 0 spiro atoms. The van der Waals surface area contributed by atoms with Gasteiger partial charge in [0.05, 0.1) is 13.2 Å². The number of ether oxygens (including phenoxy) is 2. The molecule has 0 aromatic rings. The standard InChI is InChI=1S/C18H35N3O6.CH4/c1-8-10-20-14(22)13-19-11-9-12-25-21(15(23)26-17(2,3)4)16(24)27-18(5,6)7;/h19H,8-13H2,1-7H3,(H,20,22);1H4. The van der Waals surface area contributed by atoms with E-state index in [-0.39, 0.29) is 26.5 Å². The Morgan fingerprint density at radius 2 is 1.39 bits per heavy atom. The maximum atomic E-state index is 12.2. The highest BCUT2D eigenvalue weighted by atomic mass is 16.8. The van der Waals surface area contributed by atoms with Crippen LogP contribution in [0.4, 0.5) is 9.59 Å². The highest BCUT2D eigenvalue weighted by Gasteiger charge is 2.32. The number of hydrogen-bond donors (Lipinski definition) is 2. The predicted octanol–water partition coefficient (Wildman–Crippen LogP) is 3.23. The van der Waals surface area contributed by atoms with E-state index >= 15 is 0 Å². The van der Waals surface area contributed by atoms with E-state index in [1.807, 2.05) is 6.92 Å². The summed E-state index contributed by atoms with van der Waals surface area (Å²) in [4.78, 5) is 41.1. The van der Waals surface area contributed by atoms with Gasteiger partial charge >= 0.3 is 12.2 Å². The zero-order valence-electron chi connectivity index (χ0n) is 17.6. The van der Waals surface area contributed by atoms with E-state index in [9.17, 15) is 14.4 Å². The van der Waals surface area contributed by atoms with Crippen LogP contribution in [0.1, 0.15) is 68.7 Å². The van der Waals surface area contributed by atoms with Crippen molar-refractivity contribution in [3.63, 3.8) is 0 Å². The SMILES string of the molecule is C.CCCNC(=O)CNCCCON(C(=O)OC(C)(C)C)C(=O)OC(C)(C)C. The minimum atomic E-state index is -0.941. The van der Waals surface area contributed by atoms with Crippen LogP contribution in [0.2, 0.25) is 0 Å². The van der Waals surface area contributed by atoms with E-state index in [0.717, 1.165) is 6.42 Å². The third-order valence-electron chi connectivity index (χ3n) is 2.69. The number of imide groups is 1. The molecule has 0 aromatic carbocycles. The normalized spacial score (nSPS) is 11.2. The smallest absolute Gasteiger partial charge is 0.442 e. The van der Waals surface area contributed by atoms with Crippen LogP contribution in [0.5, 0.6) is 0 Å². The van der Waals surface area contributed by atoms with E-state index in [4.69, 9.17) is 14.3 Å². The zero-order valence-corrected chi connectivity index (χ0v) is 17.6. The number of carbonyl (C=O) groups is 3. The van der Waals surface area contributed by atoms with Gasteiger partial charge < -0.3 is 20.1 Å². The molecule has 0 bridgehead atoms. The van der Waals surface area contributed by atoms with Crippen molar-refractivity contribution in [1.82, 2.24) is 15.7 Å². The van der Waals surface area contributed by atoms with Gasteiger partial charge in [0.2, 0.25) is 5.91 Å². The molecule has 0 aliphatic carbocycles. The summed E-state index contributed by atoms with van der Waals surface area (Å²) in [5, 5.41) is 6.20. The number of nitrogens with one attached hydrogen (secondary N) is 2. The summed E-state index contributed by atoms with van der Waals surface area (Å²) in [5.41, 5.74) is -1.57. The quantitative estimate of drug-likeness (QED) is 0.448. The average molecular weight is 406 g/mol. The Labute approximate surface area is 169 Å². The second-order valence-corrected chi connectivity index (χ2v) is 7.97. The molecule has 0 saturated carbocycles. The molecule has 9 nitrogen and oxygen atoms in total. The largest absolute Gasteiger partial charge is 0.444 e.